The smallest absolute Gasteiger partial charge is 0.387 e. The van der Waals surface area contributed by atoms with Crippen molar-refractivity contribution in [1.29, 1.82) is 0 Å². The van der Waals surface area contributed by atoms with Gasteiger partial charge in [0.1, 0.15) is 11.3 Å². The standard InChI is InChI=1S/C8H2BrF8NO/c9-2-1-3(5(10)11)18-6(19-8(15,16)17)4(2)7(12,13)14/h1,5H. The minimum Gasteiger partial charge on any atom is -0.387 e. The Morgan fingerprint density at radius 3 is 2.00 bits per heavy atom. The van der Waals surface area contributed by atoms with Gasteiger partial charge >= 0.3 is 12.5 Å². The summed E-state index contributed by atoms with van der Waals surface area (Å²) in [5.41, 5.74) is -3.20. The number of ether oxygens (including phenoxy) is 1. The summed E-state index contributed by atoms with van der Waals surface area (Å²) in [4.78, 5) is 2.54. The van der Waals surface area contributed by atoms with E-state index in [-0.39, 0.29) is 6.07 Å². The van der Waals surface area contributed by atoms with E-state index in [2.05, 4.69) is 25.7 Å². The highest BCUT2D eigenvalue weighted by Crippen LogP contribution is 2.42. The Kier molecular flexibility index (Phi) is 4.27. The number of hydrogen-bond donors (Lipinski definition) is 0. The lowest BCUT2D eigenvalue weighted by atomic mass is 10.2. The van der Waals surface area contributed by atoms with Gasteiger partial charge in [0.25, 0.3) is 6.43 Å². The van der Waals surface area contributed by atoms with Crippen LogP contribution in [0.4, 0.5) is 35.1 Å². The molecule has 1 heterocycles. The van der Waals surface area contributed by atoms with Crippen molar-refractivity contribution in [2.24, 2.45) is 0 Å². The summed E-state index contributed by atoms with van der Waals surface area (Å²) in [7, 11) is 0. The maximum absolute atomic E-state index is 12.5. The molecule has 0 aliphatic heterocycles. The molecule has 0 amide bonds. The molecule has 0 radical (unpaired) electrons. The van der Waals surface area contributed by atoms with Crippen molar-refractivity contribution < 1.29 is 39.9 Å². The summed E-state index contributed by atoms with van der Waals surface area (Å²) in [6, 6.07) is 0.275. The predicted octanol–water partition coefficient (Wildman–Crippen LogP) is 4.70. The van der Waals surface area contributed by atoms with Crippen LogP contribution in [0, 0.1) is 0 Å². The maximum Gasteiger partial charge on any atom is 0.574 e. The second-order valence-electron chi connectivity index (χ2n) is 3.06. The molecule has 0 aliphatic carbocycles. The summed E-state index contributed by atoms with van der Waals surface area (Å²) in [6.45, 7) is 0. The zero-order chi connectivity index (χ0) is 15.0. The van der Waals surface area contributed by atoms with E-state index < -0.39 is 40.6 Å². The van der Waals surface area contributed by atoms with Crippen LogP contribution < -0.4 is 4.74 Å². The van der Waals surface area contributed by atoms with Crippen molar-refractivity contribution in [1.82, 2.24) is 4.98 Å². The number of pyridine rings is 1. The molecule has 108 valence electrons. The predicted molar refractivity (Wildman–Crippen MR) is 48.6 cm³/mol. The molecule has 19 heavy (non-hydrogen) atoms. The fourth-order valence-electron chi connectivity index (χ4n) is 1.06. The van der Waals surface area contributed by atoms with E-state index in [1.165, 1.54) is 0 Å². The molecule has 0 bridgehead atoms. The first-order valence-electron chi connectivity index (χ1n) is 4.23. The van der Waals surface area contributed by atoms with E-state index >= 15 is 0 Å². The SMILES string of the molecule is FC(F)c1cc(Br)c(C(F)(F)F)c(OC(F)(F)F)n1. The summed E-state index contributed by atoms with van der Waals surface area (Å²) < 4.78 is 99.9. The van der Waals surface area contributed by atoms with Gasteiger partial charge in [-0.05, 0) is 22.0 Å². The van der Waals surface area contributed by atoms with Gasteiger partial charge in [-0.15, -0.1) is 13.2 Å². The van der Waals surface area contributed by atoms with Crippen LogP contribution in [0.1, 0.15) is 17.7 Å². The second kappa shape index (κ2) is 5.10. The molecular formula is C8H2BrF8NO. The van der Waals surface area contributed by atoms with Crippen LogP contribution in [-0.2, 0) is 6.18 Å². The topological polar surface area (TPSA) is 22.1 Å². The Hall–Kier alpha value is -1.13. The molecule has 0 fully saturated rings. The molecule has 0 aromatic carbocycles. The number of alkyl halides is 8. The Balaban J connectivity index is 3.45. The first kappa shape index (κ1) is 15.9. The minimum atomic E-state index is -5.49. The van der Waals surface area contributed by atoms with Gasteiger partial charge in [-0.25, -0.2) is 13.8 Å². The number of rotatable bonds is 2. The number of aromatic nitrogens is 1. The van der Waals surface area contributed by atoms with Crippen LogP contribution in [0.3, 0.4) is 0 Å². The van der Waals surface area contributed by atoms with E-state index in [0.717, 1.165) is 0 Å². The van der Waals surface area contributed by atoms with Crippen molar-refractivity contribution >= 4 is 15.9 Å². The lowest BCUT2D eigenvalue weighted by Crippen LogP contribution is -2.22. The van der Waals surface area contributed by atoms with E-state index in [4.69, 9.17) is 0 Å². The average molecular weight is 360 g/mol. The molecule has 0 N–H and O–H groups in total. The molecule has 0 aliphatic rings. The molecule has 0 unspecified atom stereocenters. The molecule has 1 aromatic rings. The highest BCUT2D eigenvalue weighted by molar-refractivity contribution is 9.10. The summed E-state index contributed by atoms with van der Waals surface area (Å²) >= 11 is 2.27. The third-order valence-electron chi connectivity index (χ3n) is 1.68. The van der Waals surface area contributed by atoms with Gasteiger partial charge in [-0.3, -0.25) is 0 Å². The number of hydrogen-bond acceptors (Lipinski definition) is 2. The Morgan fingerprint density at radius 1 is 1.11 bits per heavy atom. The maximum atomic E-state index is 12.5. The Labute approximate surface area is 108 Å². The average Bonchev–Trinajstić information content (AvgIpc) is 2.10. The third kappa shape index (κ3) is 4.18. The van der Waals surface area contributed by atoms with E-state index in [0.29, 0.717) is 0 Å². The largest absolute Gasteiger partial charge is 0.574 e. The van der Waals surface area contributed by atoms with Gasteiger partial charge in [-0.1, -0.05) is 0 Å². The van der Waals surface area contributed by atoms with Gasteiger partial charge in [-0.2, -0.15) is 13.2 Å². The normalized spacial score (nSPS) is 12.9. The van der Waals surface area contributed by atoms with Crippen molar-refractivity contribution in [3.05, 3.63) is 21.8 Å². The van der Waals surface area contributed by atoms with E-state index in [1.54, 1.807) is 0 Å². The fraction of sp³-hybridized carbons (Fsp3) is 0.375. The zero-order valence-corrected chi connectivity index (χ0v) is 10.00. The summed E-state index contributed by atoms with van der Waals surface area (Å²) in [5, 5.41) is 0. The fourth-order valence-corrected chi connectivity index (χ4v) is 1.69. The third-order valence-corrected chi connectivity index (χ3v) is 2.30. The first-order valence-corrected chi connectivity index (χ1v) is 5.02. The zero-order valence-electron chi connectivity index (χ0n) is 8.41. The molecule has 0 spiro atoms. The molecule has 11 heteroatoms. The van der Waals surface area contributed by atoms with Gasteiger partial charge in [0.15, 0.2) is 0 Å². The monoisotopic (exact) mass is 359 g/mol. The summed E-state index contributed by atoms with van der Waals surface area (Å²) in [6.07, 6.45) is -14.1. The lowest BCUT2D eigenvalue weighted by molar-refractivity contribution is -0.278. The molecule has 0 atom stereocenters. The minimum absolute atomic E-state index is 0.275. The number of nitrogens with zero attached hydrogens (tertiary/aromatic N) is 1. The van der Waals surface area contributed by atoms with Crippen LogP contribution in [0.25, 0.3) is 0 Å². The van der Waals surface area contributed by atoms with Crippen LogP contribution in [0.5, 0.6) is 5.88 Å². The highest BCUT2D eigenvalue weighted by atomic mass is 79.9. The Bertz CT molecular complexity index is 469. The first-order chi connectivity index (χ1) is 8.42. The molecule has 1 rings (SSSR count). The van der Waals surface area contributed by atoms with E-state index in [9.17, 15) is 35.1 Å². The van der Waals surface area contributed by atoms with Gasteiger partial charge in [0.2, 0.25) is 5.88 Å². The molecule has 0 saturated carbocycles. The van der Waals surface area contributed by atoms with Crippen LogP contribution in [-0.4, -0.2) is 11.3 Å². The van der Waals surface area contributed by atoms with Crippen LogP contribution >= 0.6 is 15.9 Å². The van der Waals surface area contributed by atoms with Crippen molar-refractivity contribution in [2.45, 2.75) is 19.0 Å². The van der Waals surface area contributed by atoms with Gasteiger partial charge in [0, 0.05) is 4.47 Å². The van der Waals surface area contributed by atoms with E-state index in [1.807, 2.05) is 0 Å². The molecular weight excluding hydrogens is 358 g/mol. The van der Waals surface area contributed by atoms with Crippen LogP contribution in [0.2, 0.25) is 0 Å². The van der Waals surface area contributed by atoms with Crippen molar-refractivity contribution in [3.63, 3.8) is 0 Å². The quantitative estimate of drug-likeness (QED) is 0.714. The highest BCUT2D eigenvalue weighted by Gasteiger charge is 2.42. The summed E-state index contributed by atoms with van der Waals surface area (Å²) in [5.74, 6) is -1.98. The second-order valence-corrected chi connectivity index (χ2v) is 3.91. The lowest BCUT2D eigenvalue weighted by Gasteiger charge is -2.16. The van der Waals surface area contributed by atoms with Crippen molar-refractivity contribution in [2.75, 3.05) is 0 Å². The van der Waals surface area contributed by atoms with Crippen molar-refractivity contribution in [3.8, 4) is 5.88 Å². The van der Waals surface area contributed by atoms with Crippen LogP contribution in [0.15, 0.2) is 10.5 Å². The molecule has 1 aromatic heterocycles. The number of halogens is 9. The van der Waals surface area contributed by atoms with Gasteiger partial charge in [0.05, 0.1) is 0 Å². The molecule has 0 saturated heterocycles. The van der Waals surface area contributed by atoms with Gasteiger partial charge < -0.3 is 4.74 Å². The molecule has 2 nitrogen and oxygen atoms in total. The Morgan fingerprint density at radius 2 is 1.63 bits per heavy atom.